The van der Waals surface area contributed by atoms with Crippen LogP contribution < -0.4 is 4.74 Å². The SMILES string of the molecule is CC[C@H]1CC[C@H](CCCOc2ccc(C#N)c(F)c2)CC1. The van der Waals surface area contributed by atoms with Crippen molar-refractivity contribution in [3.05, 3.63) is 29.6 Å². The van der Waals surface area contributed by atoms with Gasteiger partial charge in [0.05, 0.1) is 12.2 Å². The van der Waals surface area contributed by atoms with E-state index in [1.54, 1.807) is 6.07 Å². The third kappa shape index (κ3) is 4.74. The monoisotopic (exact) mass is 289 g/mol. The van der Waals surface area contributed by atoms with Crippen LogP contribution in [0.25, 0.3) is 0 Å². The van der Waals surface area contributed by atoms with Crippen molar-refractivity contribution in [1.29, 1.82) is 5.26 Å². The fourth-order valence-electron chi connectivity index (χ4n) is 3.17. The molecule has 114 valence electrons. The minimum atomic E-state index is -0.507. The highest BCUT2D eigenvalue weighted by Gasteiger charge is 2.19. The molecule has 1 saturated carbocycles. The van der Waals surface area contributed by atoms with E-state index in [1.807, 2.05) is 6.07 Å². The first-order chi connectivity index (χ1) is 10.2. The molecule has 0 unspecified atom stereocenters. The molecule has 0 aliphatic heterocycles. The van der Waals surface area contributed by atoms with Crippen LogP contribution >= 0.6 is 0 Å². The molecule has 1 aliphatic carbocycles. The van der Waals surface area contributed by atoms with Gasteiger partial charge in [-0.15, -0.1) is 0 Å². The van der Waals surface area contributed by atoms with Crippen molar-refractivity contribution in [3.63, 3.8) is 0 Å². The summed E-state index contributed by atoms with van der Waals surface area (Å²) in [7, 11) is 0. The molecule has 2 nitrogen and oxygen atoms in total. The number of nitriles is 1. The average Bonchev–Trinajstić information content (AvgIpc) is 2.52. The van der Waals surface area contributed by atoms with Crippen molar-refractivity contribution in [2.45, 2.75) is 51.9 Å². The van der Waals surface area contributed by atoms with E-state index in [0.29, 0.717) is 12.4 Å². The molecule has 1 aromatic carbocycles. The predicted molar refractivity (Wildman–Crippen MR) is 81.6 cm³/mol. The van der Waals surface area contributed by atoms with E-state index in [1.165, 1.54) is 50.7 Å². The molecule has 0 spiro atoms. The molecule has 1 aliphatic rings. The van der Waals surface area contributed by atoms with E-state index in [2.05, 4.69) is 6.92 Å². The van der Waals surface area contributed by atoms with Crippen LogP contribution in [0.5, 0.6) is 5.75 Å². The number of hydrogen-bond donors (Lipinski definition) is 0. The zero-order valence-corrected chi connectivity index (χ0v) is 12.8. The first kappa shape index (κ1) is 15.8. The van der Waals surface area contributed by atoms with E-state index >= 15 is 0 Å². The summed E-state index contributed by atoms with van der Waals surface area (Å²) in [5.74, 6) is 1.79. The Labute approximate surface area is 126 Å². The maximum Gasteiger partial charge on any atom is 0.144 e. The molecule has 0 amide bonds. The summed E-state index contributed by atoms with van der Waals surface area (Å²) in [6.07, 6.45) is 9.00. The third-order valence-corrected chi connectivity index (χ3v) is 4.63. The molecule has 2 rings (SSSR count). The minimum Gasteiger partial charge on any atom is -0.493 e. The molecule has 0 N–H and O–H groups in total. The van der Waals surface area contributed by atoms with Gasteiger partial charge in [-0.25, -0.2) is 4.39 Å². The molecule has 0 atom stereocenters. The summed E-state index contributed by atoms with van der Waals surface area (Å²) in [6, 6.07) is 6.24. The molecule has 0 heterocycles. The number of hydrogen-bond acceptors (Lipinski definition) is 2. The van der Waals surface area contributed by atoms with Crippen LogP contribution in [0.2, 0.25) is 0 Å². The van der Waals surface area contributed by atoms with Gasteiger partial charge in [0.25, 0.3) is 0 Å². The van der Waals surface area contributed by atoms with Crippen LogP contribution in [-0.4, -0.2) is 6.61 Å². The number of halogens is 1. The lowest BCUT2D eigenvalue weighted by Gasteiger charge is -2.27. The molecular weight excluding hydrogens is 265 g/mol. The summed E-state index contributed by atoms with van der Waals surface area (Å²) in [6.45, 7) is 2.91. The molecule has 0 radical (unpaired) electrons. The maximum absolute atomic E-state index is 13.4. The lowest BCUT2D eigenvalue weighted by atomic mass is 9.79. The van der Waals surface area contributed by atoms with Gasteiger partial charge in [0.2, 0.25) is 0 Å². The summed E-state index contributed by atoms with van der Waals surface area (Å²) in [4.78, 5) is 0. The Morgan fingerprint density at radius 1 is 1.24 bits per heavy atom. The molecule has 3 heteroatoms. The van der Waals surface area contributed by atoms with Crippen LogP contribution in [0.4, 0.5) is 4.39 Å². The maximum atomic E-state index is 13.4. The van der Waals surface area contributed by atoms with Gasteiger partial charge in [-0.1, -0.05) is 39.0 Å². The predicted octanol–water partition coefficient (Wildman–Crippen LogP) is 5.07. The number of benzene rings is 1. The largest absolute Gasteiger partial charge is 0.493 e. The van der Waals surface area contributed by atoms with Crippen molar-refractivity contribution in [3.8, 4) is 11.8 Å². The van der Waals surface area contributed by atoms with Gasteiger partial charge >= 0.3 is 0 Å². The van der Waals surface area contributed by atoms with E-state index in [9.17, 15) is 4.39 Å². The highest BCUT2D eigenvalue weighted by molar-refractivity contribution is 5.36. The highest BCUT2D eigenvalue weighted by atomic mass is 19.1. The van der Waals surface area contributed by atoms with Gasteiger partial charge in [0.1, 0.15) is 17.6 Å². The van der Waals surface area contributed by atoms with Gasteiger partial charge in [0.15, 0.2) is 0 Å². The molecule has 0 saturated heterocycles. The Morgan fingerprint density at radius 3 is 2.57 bits per heavy atom. The van der Waals surface area contributed by atoms with Crippen LogP contribution in [-0.2, 0) is 0 Å². The second kappa shape index (κ2) is 8.02. The minimum absolute atomic E-state index is 0.0648. The van der Waals surface area contributed by atoms with Crippen molar-refractivity contribution in [1.82, 2.24) is 0 Å². The molecule has 21 heavy (non-hydrogen) atoms. The third-order valence-electron chi connectivity index (χ3n) is 4.63. The lowest BCUT2D eigenvalue weighted by Crippen LogP contribution is -2.14. The van der Waals surface area contributed by atoms with E-state index in [-0.39, 0.29) is 5.56 Å². The zero-order chi connectivity index (χ0) is 15.1. The van der Waals surface area contributed by atoms with Crippen LogP contribution in [0.1, 0.15) is 57.4 Å². The average molecular weight is 289 g/mol. The molecule has 1 fully saturated rings. The summed E-state index contributed by atoms with van der Waals surface area (Å²) in [5, 5.41) is 8.67. The normalized spacial score (nSPS) is 21.8. The Kier molecular flexibility index (Phi) is 6.04. The molecule has 0 aromatic heterocycles. The van der Waals surface area contributed by atoms with E-state index in [0.717, 1.165) is 18.3 Å². The van der Waals surface area contributed by atoms with Crippen molar-refractivity contribution >= 4 is 0 Å². The molecule has 0 bridgehead atoms. The summed E-state index contributed by atoms with van der Waals surface area (Å²) < 4.78 is 19.0. The van der Waals surface area contributed by atoms with Gasteiger partial charge in [0, 0.05) is 6.07 Å². The van der Waals surface area contributed by atoms with Gasteiger partial charge in [-0.3, -0.25) is 0 Å². The topological polar surface area (TPSA) is 33.0 Å². The molecular formula is C18H24FNO. The molecule has 1 aromatic rings. The van der Waals surface area contributed by atoms with Crippen LogP contribution in [0, 0.1) is 29.0 Å². The van der Waals surface area contributed by atoms with Gasteiger partial charge in [-0.05, 0) is 36.8 Å². The number of rotatable bonds is 6. The Hall–Kier alpha value is -1.56. The zero-order valence-electron chi connectivity index (χ0n) is 12.8. The summed E-state index contributed by atoms with van der Waals surface area (Å²) in [5.41, 5.74) is 0.0648. The van der Waals surface area contributed by atoms with Crippen molar-refractivity contribution in [2.24, 2.45) is 11.8 Å². The number of nitrogens with zero attached hydrogens (tertiary/aromatic N) is 1. The van der Waals surface area contributed by atoms with Gasteiger partial charge in [-0.2, -0.15) is 5.26 Å². The van der Waals surface area contributed by atoms with E-state index in [4.69, 9.17) is 10.00 Å². The highest BCUT2D eigenvalue weighted by Crippen LogP contribution is 2.33. The number of ether oxygens (including phenoxy) is 1. The first-order valence-corrected chi connectivity index (χ1v) is 8.05. The fraction of sp³-hybridized carbons (Fsp3) is 0.611. The van der Waals surface area contributed by atoms with Gasteiger partial charge < -0.3 is 4.74 Å². The fourth-order valence-corrected chi connectivity index (χ4v) is 3.17. The Balaban J connectivity index is 1.66. The quantitative estimate of drug-likeness (QED) is 0.685. The second-order valence-electron chi connectivity index (χ2n) is 6.04. The standard InChI is InChI=1S/C18H24FNO/c1-2-14-5-7-15(8-6-14)4-3-11-21-17-10-9-16(13-20)18(19)12-17/h9-10,12,14-15H,2-8,11H2,1H3/t14-,15-. The summed E-state index contributed by atoms with van der Waals surface area (Å²) >= 11 is 0. The van der Waals surface area contributed by atoms with Crippen molar-refractivity contribution < 1.29 is 9.13 Å². The second-order valence-corrected chi connectivity index (χ2v) is 6.04. The van der Waals surface area contributed by atoms with E-state index < -0.39 is 5.82 Å². The Morgan fingerprint density at radius 2 is 1.95 bits per heavy atom. The lowest BCUT2D eigenvalue weighted by molar-refractivity contribution is 0.234. The van der Waals surface area contributed by atoms with Crippen LogP contribution in [0.3, 0.4) is 0 Å². The van der Waals surface area contributed by atoms with Crippen molar-refractivity contribution in [2.75, 3.05) is 6.61 Å². The smallest absolute Gasteiger partial charge is 0.144 e. The Bertz CT molecular complexity index is 486. The van der Waals surface area contributed by atoms with Crippen LogP contribution in [0.15, 0.2) is 18.2 Å². The first-order valence-electron chi connectivity index (χ1n) is 8.05.